The van der Waals surface area contributed by atoms with Crippen molar-refractivity contribution in [2.75, 3.05) is 13.7 Å². The lowest BCUT2D eigenvalue weighted by Crippen LogP contribution is -2.51. The zero-order valence-corrected chi connectivity index (χ0v) is 10.4. The minimum atomic E-state index is -0.914. The first kappa shape index (κ1) is 14.9. The van der Waals surface area contributed by atoms with Crippen molar-refractivity contribution in [3.63, 3.8) is 0 Å². The van der Waals surface area contributed by atoms with Crippen LogP contribution in [-0.2, 0) is 14.3 Å². The second-order valence-corrected chi connectivity index (χ2v) is 4.43. The number of rotatable bonds is 7. The molecule has 0 saturated carbocycles. The smallest absolute Gasteiger partial charge is 0.305 e. The van der Waals surface area contributed by atoms with Crippen molar-refractivity contribution < 1.29 is 19.4 Å². The van der Waals surface area contributed by atoms with E-state index in [-0.39, 0.29) is 24.7 Å². The SMILES string of the molecule is COCCC(=O)NC(C)(CC(=O)O)C(C)C. The second kappa shape index (κ2) is 6.48. The van der Waals surface area contributed by atoms with Crippen molar-refractivity contribution >= 4 is 11.9 Å². The maximum absolute atomic E-state index is 11.5. The van der Waals surface area contributed by atoms with E-state index in [2.05, 4.69) is 5.32 Å². The lowest BCUT2D eigenvalue weighted by molar-refractivity contribution is -0.139. The highest BCUT2D eigenvalue weighted by Crippen LogP contribution is 2.20. The number of hydrogen-bond donors (Lipinski definition) is 2. The molecule has 0 radical (unpaired) electrons. The van der Waals surface area contributed by atoms with Gasteiger partial charge in [-0.1, -0.05) is 13.8 Å². The van der Waals surface area contributed by atoms with Crippen LogP contribution >= 0.6 is 0 Å². The maximum Gasteiger partial charge on any atom is 0.305 e. The molecule has 0 saturated heterocycles. The monoisotopic (exact) mass is 231 g/mol. The summed E-state index contributed by atoms with van der Waals surface area (Å²) in [7, 11) is 1.52. The number of carbonyl (C=O) groups excluding carboxylic acids is 1. The molecule has 0 spiro atoms. The first-order valence-electron chi connectivity index (χ1n) is 5.33. The lowest BCUT2D eigenvalue weighted by Gasteiger charge is -2.33. The molecule has 94 valence electrons. The predicted molar refractivity (Wildman–Crippen MR) is 60.1 cm³/mol. The van der Waals surface area contributed by atoms with Gasteiger partial charge in [0.1, 0.15) is 0 Å². The number of ether oxygens (including phenoxy) is 1. The van der Waals surface area contributed by atoms with Gasteiger partial charge in [-0.2, -0.15) is 0 Å². The molecule has 2 N–H and O–H groups in total. The van der Waals surface area contributed by atoms with Crippen LogP contribution in [0.2, 0.25) is 0 Å². The molecule has 1 atom stereocenters. The van der Waals surface area contributed by atoms with E-state index in [4.69, 9.17) is 9.84 Å². The fourth-order valence-electron chi connectivity index (χ4n) is 1.28. The fraction of sp³-hybridized carbons (Fsp3) is 0.818. The standard InChI is InChI=1S/C11H21NO4/c1-8(2)11(3,7-10(14)15)12-9(13)5-6-16-4/h8H,5-7H2,1-4H3,(H,12,13)(H,14,15). The molecule has 1 amide bonds. The summed E-state index contributed by atoms with van der Waals surface area (Å²) < 4.78 is 4.79. The summed E-state index contributed by atoms with van der Waals surface area (Å²) in [5, 5.41) is 11.6. The molecular formula is C11H21NO4. The Kier molecular flexibility index (Phi) is 6.03. The Morgan fingerprint density at radius 2 is 2.00 bits per heavy atom. The van der Waals surface area contributed by atoms with Crippen LogP contribution in [0.15, 0.2) is 0 Å². The average Bonchev–Trinajstić information content (AvgIpc) is 2.12. The van der Waals surface area contributed by atoms with Crippen LogP contribution in [0, 0.1) is 5.92 Å². The molecule has 0 aromatic carbocycles. The number of hydrogen-bond acceptors (Lipinski definition) is 3. The Hall–Kier alpha value is -1.10. The van der Waals surface area contributed by atoms with Crippen molar-refractivity contribution in [1.29, 1.82) is 0 Å². The quantitative estimate of drug-likeness (QED) is 0.686. The van der Waals surface area contributed by atoms with Crippen LogP contribution in [0.4, 0.5) is 0 Å². The van der Waals surface area contributed by atoms with Crippen LogP contribution < -0.4 is 5.32 Å². The molecule has 0 rings (SSSR count). The van der Waals surface area contributed by atoms with E-state index >= 15 is 0 Å². The predicted octanol–water partition coefficient (Wildman–Crippen LogP) is 1.03. The summed E-state index contributed by atoms with van der Waals surface area (Å²) in [5.41, 5.74) is -0.712. The van der Waals surface area contributed by atoms with E-state index in [9.17, 15) is 9.59 Å². The van der Waals surface area contributed by atoms with Crippen LogP contribution in [-0.4, -0.2) is 36.2 Å². The first-order valence-corrected chi connectivity index (χ1v) is 5.33. The number of carboxylic acids is 1. The van der Waals surface area contributed by atoms with Gasteiger partial charge in [0.15, 0.2) is 0 Å². The fourth-order valence-corrected chi connectivity index (χ4v) is 1.28. The van der Waals surface area contributed by atoms with Gasteiger partial charge in [0.25, 0.3) is 0 Å². The van der Waals surface area contributed by atoms with Crippen molar-refractivity contribution in [1.82, 2.24) is 5.32 Å². The zero-order valence-electron chi connectivity index (χ0n) is 10.4. The van der Waals surface area contributed by atoms with Crippen LogP contribution in [0.1, 0.15) is 33.6 Å². The molecule has 0 aliphatic rings. The Morgan fingerprint density at radius 3 is 2.38 bits per heavy atom. The van der Waals surface area contributed by atoms with E-state index in [0.29, 0.717) is 6.61 Å². The van der Waals surface area contributed by atoms with E-state index in [1.165, 1.54) is 7.11 Å². The summed E-state index contributed by atoms with van der Waals surface area (Å²) in [6, 6.07) is 0. The molecule has 0 aromatic rings. The van der Waals surface area contributed by atoms with E-state index in [1.54, 1.807) is 6.92 Å². The number of nitrogens with one attached hydrogen (secondary N) is 1. The first-order chi connectivity index (χ1) is 7.31. The van der Waals surface area contributed by atoms with Gasteiger partial charge < -0.3 is 15.2 Å². The maximum atomic E-state index is 11.5. The third-order valence-electron chi connectivity index (χ3n) is 2.75. The minimum absolute atomic E-state index is 0.0510. The van der Waals surface area contributed by atoms with Crippen molar-refractivity contribution in [2.45, 2.75) is 39.2 Å². The largest absolute Gasteiger partial charge is 0.481 e. The highest BCUT2D eigenvalue weighted by molar-refractivity contribution is 5.78. The summed E-state index contributed by atoms with van der Waals surface area (Å²) in [6.45, 7) is 5.86. The van der Waals surface area contributed by atoms with Crippen molar-refractivity contribution in [3.8, 4) is 0 Å². The van der Waals surface area contributed by atoms with E-state index in [0.717, 1.165) is 0 Å². The molecule has 16 heavy (non-hydrogen) atoms. The molecule has 1 unspecified atom stereocenters. The van der Waals surface area contributed by atoms with Gasteiger partial charge in [-0.05, 0) is 12.8 Å². The summed E-state index contributed by atoms with van der Waals surface area (Å²) in [4.78, 5) is 22.3. The van der Waals surface area contributed by atoms with Gasteiger partial charge in [-0.3, -0.25) is 9.59 Å². The van der Waals surface area contributed by atoms with Gasteiger partial charge >= 0.3 is 5.97 Å². The molecule has 0 bridgehead atoms. The molecule has 5 nitrogen and oxygen atoms in total. The average molecular weight is 231 g/mol. The van der Waals surface area contributed by atoms with Gasteiger partial charge in [-0.15, -0.1) is 0 Å². The summed E-state index contributed by atoms with van der Waals surface area (Å²) in [6.07, 6.45) is 0.168. The van der Waals surface area contributed by atoms with Gasteiger partial charge in [0.05, 0.1) is 13.0 Å². The van der Waals surface area contributed by atoms with Gasteiger partial charge in [0, 0.05) is 19.1 Å². The highest BCUT2D eigenvalue weighted by Gasteiger charge is 2.32. The second-order valence-electron chi connectivity index (χ2n) is 4.43. The molecule has 0 aliphatic heterocycles. The van der Waals surface area contributed by atoms with Crippen LogP contribution in [0.25, 0.3) is 0 Å². The zero-order chi connectivity index (χ0) is 12.8. The molecule has 0 heterocycles. The van der Waals surface area contributed by atoms with Gasteiger partial charge in [-0.25, -0.2) is 0 Å². The van der Waals surface area contributed by atoms with E-state index in [1.807, 2.05) is 13.8 Å². The topological polar surface area (TPSA) is 75.6 Å². The minimum Gasteiger partial charge on any atom is -0.481 e. The van der Waals surface area contributed by atoms with Crippen LogP contribution in [0.3, 0.4) is 0 Å². The molecular weight excluding hydrogens is 210 g/mol. The number of carboxylic acid groups (broad SMARTS) is 1. The third kappa shape index (κ3) is 5.11. The number of amides is 1. The Balaban J connectivity index is 4.43. The van der Waals surface area contributed by atoms with Crippen LogP contribution in [0.5, 0.6) is 0 Å². The lowest BCUT2D eigenvalue weighted by atomic mass is 9.85. The summed E-state index contributed by atoms with van der Waals surface area (Å²) in [5.74, 6) is -1.04. The molecule has 0 aromatic heterocycles. The van der Waals surface area contributed by atoms with Crippen molar-refractivity contribution in [2.24, 2.45) is 5.92 Å². The summed E-state index contributed by atoms with van der Waals surface area (Å²) >= 11 is 0. The molecule has 0 fully saturated rings. The van der Waals surface area contributed by atoms with Gasteiger partial charge in [0.2, 0.25) is 5.91 Å². The molecule has 5 heteroatoms. The third-order valence-corrected chi connectivity index (χ3v) is 2.75. The Morgan fingerprint density at radius 1 is 1.44 bits per heavy atom. The number of aliphatic carboxylic acids is 1. The van der Waals surface area contributed by atoms with Crippen molar-refractivity contribution in [3.05, 3.63) is 0 Å². The normalized spacial score (nSPS) is 14.6. The Bertz CT molecular complexity index is 252. The Labute approximate surface area is 96.2 Å². The van der Waals surface area contributed by atoms with E-state index < -0.39 is 11.5 Å². The number of methoxy groups -OCH3 is 1. The number of carbonyl (C=O) groups is 2. The highest BCUT2D eigenvalue weighted by atomic mass is 16.5. The molecule has 0 aliphatic carbocycles.